The zero-order chi connectivity index (χ0) is 17.8. The molecule has 0 saturated carbocycles. The van der Waals surface area contributed by atoms with Crippen LogP contribution >= 0.6 is 23.2 Å². The lowest BCUT2D eigenvalue weighted by Crippen LogP contribution is -2.49. The molecule has 1 heterocycles. The molecule has 0 bridgehead atoms. The lowest BCUT2D eigenvalue weighted by atomic mass is 10.2. The van der Waals surface area contributed by atoms with Gasteiger partial charge in [-0.05, 0) is 48.4 Å². The summed E-state index contributed by atoms with van der Waals surface area (Å²) in [6.45, 7) is 5.96. The van der Waals surface area contributed by atoms with E-state index in [0.717, 1.165) is 35.9 Å². The third-order valence-corrected chi connectivity index (χ3v) is 4.90. The van der Waals surface area contributed by atoms with Crippen LogP contribution in [-0.2, 0) is 6.54 Å². The summed E-state index contributed by atoms with van der Waals surface area (Å²) >= 11 is 11.9. The van der Waals surface area contributed by atoms with E-state index in [2.05, 4.69) is 10.2 Å². The highest BCUT2D eigenvalue weighted by Crippen LogP contribution is 2.20. The van der Waals surface area contributed by atoms with E-state index in [-0.39, 0.29) is 6.03 Å². The molecule has 4 nitrogen and oxygen atoms in total. The fraction of sp³-hybridized carbons (Fsp3) is 0.316. The van der Waals surface area contributed by atoms with Gasteiger partial charge in [0.25, 0.3) is 0 Å². The van der Waals surface area contributed by atoms with Crippen LogP contribution in [0.2, 0.25) is 10.0 Å². The van der Waals surface area contributed by atoms with Gasteiger partial charge in [-0.2, -0.15) is 0 Å². The van der Waals surface area contributed by atoms with Crippen LogP contribution in [0.5, 0.6) is 0 Å². The average molecular weight is 378 g/mol. The number of piperazine rings is 1. The van der Waals surface area contributed by atoms with Crippen molar-refractivity contribution in [1.82, 2.24) is 9.80 Å². The van der Waals surface area contributed by atoms with E-state index in [1.165, 1.54) is 5.56 Å². The van der Waals surface area contributed by atoms with Gasteiger partial charge in [0.15, 0.2) is 0 Å². The molecule has 2 aromatic rings. The van der Waals surface area contributed by atoms with Crippen LogP contribution in [0.25, 0.3) is 0 Å². The predicted molar refractivity (Wildman–Crippen MR) is 104 cm³/mol. The third-order valence-electron chi connectivity index (χ3n) is 4.41. The second-order valence-electron chi connectivity index (χ2n) is 6.28. The first-order valence-corrected chi connectivity index (χ1v) is 9.06. The SMILES string of the molecule is Cc1cc(Cl)ccc1NC(=O)N1CCN(Cc2ccc(Cl)cc2)CC1. The van der Waals surface area contributed by atoms with Gasteiger partial charge < -0.3 is 10.2 Å². The normalized spacial score (nSPS) is 15.2. The Bertz CT molecular complexity index is 741. The van der Waals surface area contributed by atoms with Crippen molar-refractivity contribution in [3.8, 4) is 0 Å². The van der Waals surface area contributed by atoms with Crippen LogP contribution < -0.4 is 5.32 Å². The van der Waals surface area contributed by atoms with E-state index in [0.29, 0.717) is 18.1 Å². The van der Waals surface area contributed by atoms with Crippen LogP contribution in [0.15, 0.2) is 42.5 Å². The third kappa shape index (κ3) is 4.88. The molecule has 3 rings (SSSR count). The maximum absolute atomic E-state index is 12.5. The number of carbonyl (C=O) groups is 1. The van der Waals surface area contributed by atoms with Crippen molar-refractivity contribution in [2.75, 3.05) is 31.5 Å². The minimum Gasteiger partial charge on any atom is -0.322 e. The number of urea groups is 1. The maximum Gasteiger partial charge on any atom is 0.321 e. The van der Waals surface area contributed by atoms with Gasteiger partial charge in [-0.15, -0.1) is 0 Å². The van der Waals surface area contributed by atoms with E-state index >= 15 is 0 Å². The Morgan fingerprint density at radius 3 is 2.28 bits per heavy atom. The second kappa shape index (κ2) is 8.09. The number of halogens is 2. The summed E-state index contributed by atoms with van der Waals surface area (Å²) in [7, 11) is 0. The minimum atomic E-state index is -0.0587. The molecule has 132 valence electrons. The molecule has 1 aliphatic heterocycles. The van der Waals surface area contributed by atoms with Crippen molar-refractivity contribution >= 4 is 34.9 Å². The molecule has 1 saturated heterocycles. The molecule has 0 atom stereocenters. The molecule has 0 spiro atoms. The predicted octanol–water partition coefficient (Wildman–Crippen LogP) is 4.65. The number of carbonyl (C=O) groups excluding carboxylic acids is 1. The molecule has 1 N–H and O–H groups in total. The average Bonchev–Trinajstić information content (AvgIpc) is 2.60. The molecule has 25 heavy (non-hydrogen) atoms. The molecule has 0 radical (unpaired) electrons. The van der Waals surface area contributed by atoms with Gasteiger partial charge in [0.2, 0.25) is 0 Å². The zero-order valence-electron chi connectivity index (χ0n) is 14.1. The second-order valence-corrected chi connectivity index (χ2v) is 7.15. The quantitative estimate of drug-likeness (QED) is 0.844. The lowest BCUT2D eigenvalue weighted by molar-refractivity contribution is 0.143. The molecule has 0 aromatic heterocycles. The summed E-state index contributed by atoms with van der Waals surface area (Å²) in [5, 5.41) is 4.40. The van der Waals surface area contributed by atoms with Gasteiger partial charge in [-0.1, -0.05) is 35.3 Å². The smallest absolute Gasteiger partial charge is 0.321 e. The van der Waals surface area contributed by atoms with Crippen molar-refractivity contribution in [2.24, 2.45) is 0 Å². The number of anilines is 1. The Morgan fingerprint density at radius 1 is 1.00 bits per heavy atom. The molecule has 1 fully saturated rings. The highest BCUT2D eigenvalue weighted by Gasteiger charge is 2.21. The Morgan fingerprint density at radius 2 is 1.64 bits per heavy atom. The van der Waals surface area contributed by atoms with E-state index in [1.54, 1.807) is 6.07 Å². The van der Waals surface area contributed by atoms with Gasteiger partial charge in [0, 0.05) is 48.5 Å². The summed E-state index contributed by atoms with van der Waals surface area (Å²) in [6, 6.07) is 13.3. The number of amides is 2. The molecule has 2 amide bonds. The van der Waals surface area contributed by atoms with E-state index < -0.39 is 0 Å². The van der Waals surface area contributed by atoms with Crippen molar-refractivity contribution in [3.05, 3.63) is 63.6 Å². The topological polar surface area (TPSA) is 35.6 Å². The Hall–Kier alpha value is -1.75. The van der Waals surface area contributed by atoms with Crippen molar-refractivity contribution in [1.29, 1.82) is 0 Å². The molecule has 0 unspecified atom stereocenters. The standard InChI is InChI=1S/C19H21Cl2N3O/c1-14-12-17(21)6-7-18(14)22-19(25)24-10-8-23(9-11-24)13-15-2-4-16(20)5-3-15/h2-7,12H,8-11,13H2,1H3,(H,22,25). The van der Waals surface area contributed by atoms with E-state index in [1.807, 2.05) is 48.2 Å². The molecular weight excluding hydrogens is 357 g/mol. The fourth-order valence-corrected chi connectivity index (χ4v) is 3.27. The highest BCUT2D eigenvalue weighted by molar-refractivity contribution is 6.31. The summed E-state index contributed by atoms with van der Waals surface area (Å²) in [6.07, 6.45) is 0. The zero-order valence-corrected chi connectivity index (χ0v) is 15.6. The number of hydrogen-bond donors (Lipinski definition) is 1. The maximum atomic E-state index is 12.5. The molecule has 2 aromatic carbocycles. The summed E-state index contributed by atoms with van der Waals surface area (Å²) in [4.78, 5) is 16.7. The molecule has 6 heteroatoms. The van der Waals surface area contributed by atoms with Crippen molar-refractivity contribution in [2.45, 2.75) is 13.5 Å². The van der Waals surface area contributed by atoms with Gasteiger partial charge in [-0.3, -0.25) is 4.90 Å². The van der Waals surface area contributed by atoms with Crippen LogP contribution in [0.3, 0.4) is 0 Å². The molecular formula is C19H21Cl2N3O. The van der Waals surface area contributed by atoms with Crippen LogP contribution in [0, 0.1) is 6.92 Å². The Kier molecular flexibility index (Phi) is 5.84. The van der Waals surface area contributed by atoms with E-state index in [4.69, 9.17) is 23.2 Å². The molecule has 1 aliphatic rings. The van der Waals surface area contributed by atoms with E-state index in [9.17, 15) is 4.79 Å². The van der Waals surface area contributed by atoms with Gasteiger partial charge in [0.1, 0.15) is 0 Å². The summed E-state index contributed by atoms with van der Waals surface area (Å²) < 4.78 is 0. The number of benzene rings is 2. The van der Waals surface area contributed by atoms with Crippen molar-refractivity contribution < 1.29 is 4.79 Å². The number of rotatable bonds is 3. The van der Waals surface area contributed by atoms with Gasteiger partial charge >= 0.3 is 6.03 Å². The monoisotopic (exact) mass is 377 g/mol. The van der Waals surface area contributed by atoms with Crippen molar-refractivity contribution in [3.63, 3.8) is 0 Å². The number of nitrogens with one attached hydrogen (secondary N) is 1. The number of aryl methyl sites for hydroxylation is 1. The first-order chi connectivity index (χ1) is 12.0. The number of hydrogen-bond acceptors (Lipinski definition) is 2. The fourth-order valence-electron chi connectivity index (χ4n) is 2.92. The van der Waals surface area contributed by atoms with Gasteiger partial charge in [0.05, 0.1) is 0 Å². The van der Waals surface area contributed by atoms with Crippen LogP contribution in [0.4, 0.5) is 10.5 Å². The first kappa shape index (κ1) is 18.1. The summed E-state index contributed by atoms with van der Waals surface area (Å²) in [5.74, 6) is 0. The largest absolute Gasteiger partial charge is 0.322 e. The van der Waals surface area contributed by atoms with Gasteiger partial charge in [-0.25, -0.2) is 4.79 Å². The minimum absolute atomic E-state index is 0.0587. The highest BCUT2D eigenvalue weighted by atomic mass is 35.5. The Balaban J connectivity index is 1.51. The first-order valence-electron chi connectivity index (χ1n) is 8.30. The van der Waals surface area contributed by atoms with Crippen LogP contribution in [0.1, 0.15) is 11.1 Å². The number of nitrogens with zero attached hydrogens (tertiary/aromatic N) is 2. The summed E-state index contributed by atoms with van der Waals surface area (Å²) in [5.41, 5.74) is 3.00. The Labute approximate surface area is 158 Å². The lowest BCUT2D eigenvalue weighted by Gasteiger charge is -2.34. The molecule has 0 aliphatic carbocycles. The van der Waals surface area contributed by atoms with Crippen LogP contribution in [-0.4, -0.2) is 42.0 Å².